The molecule has 1 aromatic heterocycles. The SMILES string of the molecule is Cn1c(NCC(N)=O)nc2ccccc21. The summed E-state index contributed by atoms with van der Waals surface area (Å²) in [6, 6.07) is 7.76. The molecule has 0 fully saturated rings. The maximum Gasteiger partial charge on any atom is 0.236 e. The highest BCUT2D eigenvalue weighted by atomic mass is 16.1. The van der Waals surface area contributed by atoms with Crippen molar-refractivity contribution in [3.8, 4) is 0 Å². The van der Waals surface area contributed by atoms with Gasteiger partial charge in [0.15, 0.2) is 0 Å². The Balaban J connectivity index is 2.36. The Bertz CT molecular complexity index is 503. The molecule has 78 valence electrons. The third-order valence-corrected chi connectivity index (χ3v) is 2.21. The van der Waals surface area contributed by atoms with Gasteiger partial charge in [0.2, 0.25) is 11.9 Å². The minimum atomic E-state index is -0.401. The van der Waals surface area contributed by atoms with E-state index < -0.39 is 5.91 Å². The van der Waals surface area contributed by atoms with Crippen LogP contribution in [0.4, 0.5) is 5.95 Å². The number of hydrogen-bond acceptors (Lipinski definition) is 3. The lowest BCUT2D eigenvalue weighted by atomic mass is 10.3. The molecule has 1 aromatic carbocycles. The Morgan fingerprint density at radius 1 is 1.53 bits per heavy atom. The van der Waals surface area contributed by atoms with Crippen LogP contribution in [0, 0.1) is 0 Å². The van der Waals surface area contributed by atoms with Crippen molar-refractivity contribution in [3.05, 3.63) is 24.3 Å². The zero-order valence-electron chi connectivity index (χ0n) is 8.40. The Morgan fingerprint density at radius 2 is 2.27 bits per heavy atom. The number of primary amides is 1. The molecular weight excluding hydrogens is 192 g/mol. The van der Waals surface area contributed by atoms with Gasteiger partial charge in [0.05, 0.1) is 17.6 Å². The van der Waals surface area contributed by atoms with Crippen LogP contribution in [-0.4, -0.2) is 22.0 Å². The summed E-state index contributed by atoms with van der Waals surface area (Å²) in [7, 11) is 1.89. The van der Waals surface area contributed by atoms with E-state index in [1.807, 2.05) is 35.9 Å². The van der Waals surface area contributed by atoms with Crippen LogP contribution in [0.5, 0.6) is 0 Å². The van der Waals surface area contributed by atoms with Gasteiger partial charge in [-0.25, -0.2) is 4.98 Å². The number of rotatable bonds is 3. The second-order valence-corrected chi connectivity index (χ2v) is 3.30. The van der Waals surface area contributed by atoms with Crippen LogP contribution in [0.2, 0.25) is 0 Å². The van der Waals surface area contributed by atoms with E-state index in [1.54, 1.807) is 0 Å². The van der Waals surface area contributed by atoms with Gasteiger partial charge in [0.1, 0.15) is 0 Å². The molecule has 2 aromatic rings. The van der Waals surface area contributed by atoms with E-state index in [-0.39, 0.29) is 6.54 Å². The molecule has 2 rings (SSSR count). The minimum absolute atomic E-state index is 0.0944. The molecule has 1 amide bonds. The fourth-order valence-electron chi connectivity index (χ4n) is 1.47. The number of aryl methyl sites for hydroxylation is 1. The van der Waals surface area contributed by atoms with Gasteiger partial charge in [-0.15, -0.1) is 0 Å². The molecule has 5 heteroatoms. The molecule has 0 saturated heterocycles. The smallest absolute Gasteiger partial charge is 0.236 e. The predicted octanol–water partition coefficient (Wildman–Crippen LogP) is 0.470. The van der Waals surface area contributed by atoms with Gasteiger partial charge >= 0.3 is 0 Å². The number of para-hydroxylation sites is 2. The normalized spacial score (nSPS) is 10.5. The lowest BCUT2D eigenvalue weighted by Crippen LogP contribution is -2.23. The van der Waals surface area contributed by atoms with Gasteiger partial charge in [-0.05, 0) is 12.1 Å². The van der Waals surface area contributed by atoms with Crippen LogP contribution in [0.25, 0.3) is 11.0 Å². The topological polar surface area (TPSA) is 72.9 Å². The number of carbonyl (C=O) groups is 1. The van der Waals surface area contributed by atoms with Crippen molar-refractivity contribution in [1.29, 1.82) is 0 Å². The fraction of sp³-hybridized carbons (Fsp3) is 0.200. The number of benzene rings is 1. The van der Waals surface area contributed by atoms with E-state index in [2.05, 4.69) is 10.3 Å². The first kappa shape index (κ1) is 9.51. The Kier molecular flexibility index (Phi) is 2.29. The van der Waals surface area contributed by atoms with Gasteiger partial charge in [-0.1, -0.05) is 12.1 Å². The predicted molar refractivity (Wildman–Crippen MR) is 58.4 cm³/mol. The van der Waals surface area contributed by atoms with Crippen LogP contribution < -0.4 is 11.1 Å². The summed E-state index contributed by atoms with van der Waals surface area (Å²) >= 11 is 0. The highest BCUT2D eigenvalue weighted by molar-refractivity contribution is 5.81. The molecule has 0 atom stereocenters. The van der Waals surface area contributed by atoms with E-state index in [1.165, 1.54) is 0 Å². The minimum Gasteiger partial charge on any atom is -0.368 e. The lowest BCUT2D eigenvalue weighted by Gasteiger charge is -2.02. The summed E-state index contributed by atoms with van der Waals surface area (Å²) in [6.07, 6.45) is 0. The van der Waals surface area contributed by atoms with Crippen molar-refractivity contribution in [2.75, 3.05) is 11.9 Å². The van der Waals surface area contributed by atoms with Crippen molar-refractivity contribution in [1.82, 2.24) is 9.55 Å². The number of nitrogens with two attached hydrogens (primary N) is 1. The number of amides is 1. The first-order chi connectivity index (χ1) is 7.18. The van der Waals surface area contributed by atoms with Gasteiger partial charge in [-0.3, -0.25) is 4.79 Å². The maximum atomic E-state index is 10.6. The quantitative estimate of drug-likeness (QED) is 0.763. The molecule has 0 bridgehead atoms. The molecule has 0 spiro atoms. The average molecular weight is 204 g/mol. The summed E-state index contributed by atoms with van der Waals surface area (Å²) in [5.74, 6) is 0.247. The van der Waals surface area contributed by atoms with Crippen molar-refractivity contribution < 1.29 is 4.79 Å². The summed E-state index contributed by atoms with van der Waals surface area (Å²) in [5, 5.41) is 2.88. The highest BCUT2D eigenvalue weighted by Gasteiger charge is 2.06. The number of carbonyl (C=O) groups excluding carboxylic acids is 1. The summed E-state index contributed by atoms with van der Waals surface area (Å²) in [4.78, 5) is 15.0. The average Bonchev–Trinajstić information content (AvgIpc) is 2.54. The Labute approximate surface area is 86.9 Å². The number of imidazole rings is 1. The van der Waals surface area contributed by atoms with Crippen LogP contribution in [0.1, 0.15) is 0 Å². The highest BCUT2D eigenvalue weighted by Crippen LogP contribution is 2.16. The number of fused-ring (bicyclic) bond motifs is 1. The molecule has 0 aliphatic carbocycles. The number of aromatic nitrogens is 2. The van der Waals surface area contributed by atoms with Gasteiger partial charge in [-0.2, -0.15) is 0 Å². The van der Waals surface area contributed by atoms with Gasteiger partial charge in [0, 0.05) is 7.05 Å². The molecule has 0 radical (unpaired) electrons. The molecule has 0 unspecified atom stereocenters. The maximum absolute atomic E-state index is 10.6. The summed E-state index contributed by atoms with van der Waals surface area (Å²) < 4.78 is 1.89. The zero-order chi connectivity index (χ0) is 10.8. The molecule has 3 N–H and O–H groups in total. The van der Waals surface area contributed by atoms with Crippen LogP contribution in [-0.2, 0) is 11.8 Å². The van der Waals surface area contributed by atoms with Crippen molar-refractivity contribution in [3.63, 3.8) is 0 Å². The second kappa shape index (κ2) is 3.61. The van der Waals surface area contributed by atoms with Crippen LogP contribution in [0.3, 0.4) is 0 Å². The molecule has 0 aliphatic heterocycles. The van der Waals surface area contributed by atoms with Crippen molar-refractivity contribution in [2.24, 2.45) is 12.8 Å². The largest absolute Gasteiger partial charge is 0.368 e. The van der Waals surface area contributed by atoms with Crippen molar-refractivity contribution in [2.45, 2.75) is 0 Å². The fourth-order valence-corrected chi connectivity index (χ4v) is 1.47. The van der Waals surface area contributed by atoms with Crippen LogP contribution in [0.15, 0.2) is 24.3 Å². The molecule has 15 heavy (non-hydrogen) atoms. The second-order valence-electron chi connectivity index (χ2n) is 3.30. The lowest BCUT2D eigenvalue weighted by molar-refractivity contribution is -0.116. The van der Waals surface area contributed by atoms with Crippen LogP contribution >= 0.6 is 0 Å². The molecule has 5 nitrogen and oxygen atoms in total. The standard InChI is InChI=1S/C10H12N4O/c1-14-8-5-3-2-4-7(8)13-10(14)12-6-9(11)15/h2-5H,6H2,1H3,(H2,11,15)(H,12,13). The van der Waals surface area contributed by atoms with Crippen molar-refractivity contribution >= 4 is 22.9 Å². The van der Waals surface area contributed by atoms with E-state index in [0.717, 1.165) is 11.0 Å². The third kappa shape index (κ3) is 1.76. The summed E-state index contributed by atoms with van der Waals surface area (Å²) in [6.45, 7) is 0.0944. The van der Waals surface area contributed by atoms with Gasteiger partial charge in [0.25, 0.3) is 0 Å². The first-order valence-electron chi connectivity index (χ1n) is 4.62. The zero-order valence-corrected chi connectivity index (χ0v) is 8.40. The number of nitrogens with zero attached hydrogens (tertiary/aromatic N) is 2. The van der Waals surface area contributed by atoms with Gasteiger partial charge < -0.3 is 15.6 Å². The monoisotopic (exact) mass is 204 g/mol. The number of hydrogen-bond donors (Lipinski definition) is 2. The molecule has 0 aliphatic rings. The number of nitrogens with one attached hydrogen (secondary N) is 1. The van der Waals surface area contributed by atoms with E-state index in [9.17, 15) is 4.79 Å². The Hall–Kier alpha value is -2.04. The summed E-state index contributed by atoms with van der Waals surface area (Å²) in [5.41, 5.74) is 6.96. The molecule has 1 heterocycles. The van der Waals surface area contributed by atoms with E-state index >= 15 is 0 Å². The van der Waals surface area contributed by atoms with E-state index in [4.69, 9.17) is 5.73 Å². The third-order valence-electron chi connectivity index (χ3n) is 2.21. The molecule has 0 saturated carbocycles. The first-order valence-corrected chi connectivity index (χ1v) is 4.62. The number of anilines is 1. The Morgan fingerprint density at radius 3 is 2.93 bits per heavy atom. The molecular formula is C10H12N4O. The van der Waals surface area contributed by atoms with E-state index in [0.29, 0.717) is 5.95 Å².